The lowest BCUT2D eigenvalue weighted by molar-refractivity contribution is 0.571. The van der Waals surface area contributed by atoms with E-state index in [1.165, 1.54) is 0 Å². The summed E-state index contributed by atoms with van der Waals surface area (Å²) in [6.45, 7) is 8.28. The third-order valence-electron chi connectivity index (χ3n) is 1.16. The molecule has 1 nitrogen and oxygen atoms in total. The van der Waals surface area contributed by atoms with Crippen LogP contribution in [0.15, 0.2) is 5.38 Å². The lowest BCUT2D eigenvalue weighted by Crippen LogP contribution is -1.99. The first-order valence-electron chi connectivity index (χ1n) is 3.93. The Kier molecular flexibility index (Phi) is 2.54. The monoisotopic (exact) mass is 179 g/mol. The summed E-state index contributed by atoms with van der Waals surface area (Å²) in [6.07, 6.45) is 0. The molecule has 1 heterocycles. The zero-order chi connectivity index (χ0) is 9.19. The Balaban J connectivity index is 2.80. The van der Waals surface area contributed by atoms with Gasteiger partial charge in [0.25, 0.3) is 0 Å². The number of aryl methyl sites for hydroxylation is 1. The molecule has 0 spiro atoms. The van der Waals surface area contributed by atoms with Gasteiger partial charge in [0.2, 0.25) is 0 Å². The van der Waals surface area contributed by atoms with Crippen LogP contribution >= 0.6 is 11.3 Å². The quantitative estimate of drug-likeness (QED) is 0.558. The van der Waals surface area contributed by atoms with E-state index in [2.05, 4.69) is 37.6 Å². The van der Waals surface area contributed by atoms with Crippen LogP contribution in [0.4, 0.5) is 0 Å². The lowest BCUT2D eigenvalue weighted by atomic mass is 9.98. The Bertz CT molecular complexity index is 320. The maximum Gasteiger partial charge on any atom is 0.167 e. The van der Waals surface area contributed by atoms with Gasteiger partial charge in [-0.3, -0.25) is 0 Å². The minimum Gasteiger partial charge on any atom is -0.233 e. The Morgan fingerprint density at radius 3 is 2.50 bits per heavy atom. The van der Waals surface area contributed by atoms with Crippen molar-refractivity contribution in [3.8, 4) is 11.8 Å². The molecule has 0 aromatic carbocycles. The first-order valence-corrected chi connectivity index (χ1v) is 4.81. The van der Waals surface area contributed by atoms with Gasteiger partial charge in [0.05, 0.1) is 0 Å². The van der Waals surface area contributed by atoms with Crippen LogP contribution in [0.1, 0.15) is 31.5 Å². The van der Waals surface area contributed by atoms with Crippen molar-refractivity contribution in [2.24, 2.45) is 5.41 Å². The van der Waals surface area contributed by atoms with Crippen molar-refractivity contribution < 1.29 is 0 Å². The molecular formula is C10H13NS. The van der Waals surface area contributed by atoms with Crippen LogP contribution in [0.3, 0.4) is 0 Å². The van der Waals surface area contributed by atoms with E-state index in [0.29, 0.717) is 0 Å². The molecule has 1 aromatic heterocycles. The molecule has 0 unspecified atom stereocenters. The van der Waals surface area contributed by atoms with Gasteiger partial charge in [0.15, 0.2) is 5.01 Å². The average molecular weight is 179 g/mol. The summed E-state index contributed by atoms with van der Waals surface area (Å²) < 4.78 is 0. The molecule has 0 N–H and O–H groups in total. The van der Waals surface area contributed by atoms with E-state index in [1.807, 2.05) is 12.3 Å². The average Bonchev–Trinajstić information content (AvgIpc) is 2.30. The highest BCUT2D eigenvalue weighted by molar-refractivity contribution is 7.10. The SMILES string of the molecule is Cc1csc(C#CC(C)(C)C)n1. The smallest absolute Gasteiger partial charge is 0.167 e. The van der Waals surface area contributed by atoms with Gasteiger partial charge in [-0.1, -0.05) is 5.92 Å². The van der Waals surface area contributed by atoms with Gasteiger partial charge < -0.3 is 0 Å². The van der Waals surface area contributed by atoms with Crippen LogP contribution in [-0.4, -0.2) is 4.98 Å². The number of hydrogen-bond acceptors (Lipinski definition) is 2. The van der Waals surface area contributed by atoms with Crippen molar-refractivity contribution in [2.45, 2.75) is 27.7 Å². The standard InChI is InChI=1S/C10H13NS/c1-8-7-12-9(11-8)5-6-10(2,3)4/h7H,1-4H3. The highest BCUT2D eigenvalue weighted by atomic mass is 32.1. The second-order valence-corrected chi connectivity index (χ2v) is 4.65. The molecule has 0 aliphatic heterocycles. The van der Waals surface area contributed by atoms with Crippen molar-refractivity contribution in [2.75, 3.05) is 0 Å². The number of rotatable bonds is 0. The molecule has 0 aliphatic rings. The van der Waals surface area contributed by atoms with E-state index in [-0.39, 0.29) is 5.41 Å². The maximum absolute atomic E-state index is 4.26. The fourth-order valence-corrected chi connectivity index (χ4v) is 1.29. The first-order chi connectivity index (χ1) is 5.47. The Hall–Kier alpha value is -0.810. The minimum atomic E-state index is 0.0690. The van der Waals surface area contributed by atoms with Crippen molar-refractivity contribution in [1.29, 1.82) is 0 Å². The molecule has 0 saturated heterocycles. The zero-order valence-corrected chi connectivity index (χ0v) is 8.75. The van der Waals surface area contributed by atoms with Crippen molar-refractivity contribution in [3.63, 3.8) is 0 Å². The molecule has 0 saturated carbocycles. The molecular weight excluding hydrogens is 166 g/mol. The fraction of sp³-hybridized carbons (Fsp3) is 0.500. The zero-order valence-electron chi connectivity index (χ0n) is 7.93. The van der Waals surface area contributed by atoms with Crippen LogP contribution < -0.4 is 0 Å². The minimum absolute atomic E-state index is 0.0690. The first kappa shape index (κ1) is 9.28. The van der Waals surface area contributed by atoms with Crippen LogP contribution in [0, 0.1) is 24.2 Å². The third kappa shape index (κ3) is 3.06. The number of aromatic nitrogens is 1. The second kappa shape index (κ2) is 3.28. The second-order valence-electron chi connectivity index (χ2n) is 3.79. The molecule has 1 aromatic rings. The summed E-state index contributed by atoms with van der Waals surface area (Å²) in [5.41, 5.74) is 1.12. The molecule has 0 radical (unpaired) electrons. The van der Waals surface area contributed by atoms with Crippen molar-refractivity contribution >= 4 is 11.3 Å². The van der Waals surface area contributed by atoms with Crippen LogP contribution in [0.25, 0.3) is 0 Å². The summed E-state index contributed by atoms with van der Waals surface area (Å²) in [4.78, 5) is 4.26. The van der Waals surface area contributed by atoms with Gasteiger partial charge in [0, 0.05) is 16.5 Å². The Labute approximate surface area is 77.8 Å². The predicted octanol–water partition coefficient (Wildman–Crippen LogP) is 2.85. The van der Waals surface area contributed by atoms with Gasteiger partial charge in [-0.15, -0.1) is 11.3 Å². The maximum atomic E-state index is 4.26. The Morgan fingerprint density at radius 1 is 1.42 bits per heavy atom. The van der Waals surface area contributed by atoms with E-state index in [1.54, 1.807) is 11.3 Å². The number of nitrogens with zero attached hydrogens (tertiary/aromatic N) is 1. The van der Waals surface area contributed by atoms with Crippen molar-refractivity contribution in [1.82, 2.24) is 4.98 Å². The van der Waals surface area contributed by atoms with Gasteiger partial charge in [-0.25, -0.2) is 4.98 Å². The summed E-state index contributed by atoms with van der Waals surface area (Å²) in [6, 6.07) is 0. The van der Waals surface area contributed by atoms with E-state index < -0.39 is 0 Å². The number of thiazole rings is 1. The van der Waals surface area contributed by atoms with Gasteiger partial charge in [-0.2, -0.15) is 0 Å². The van der Waals surface area contributed by atoms with E-state index in [4.69, 9.17) is 0 Å². The van der Waals surface area contributed by atoms with Gasteiger partial charge in [0.1, 0.15) is 0 Å². The van der Waals surface area contributed by atoms with Gasteiger partial charge >= 0.3 is 0 Å². The highest BCUT2D eigenvalue weighted by Crippen LogP contribution is 2.12. The molecule has 0 amide bonds. The van der Waals surface area contributed by atoms with Gasteiger partial charge in [-0.05, 0) is 33.6 Å². The lowest BCUT2D eigenvalue weighted by Gasteiger charge is -2.05. The summed E-state index contributed by atoms with van der Waals surface area (Å²) in [5, 5.41) is 2.94. The van der Waals surface area contributed by atoms with Crippen molar-refractivity contribution in [3.05, 3.63) is 16.1 Å². The topological polar surface area (TPSA) is 12.9 Å². The molecule has 0 atom stereocenters. The van der Waals surface area contributed by atoms with E-state index in [0.717, 1.165) is 10.7 Å². The van der Waals surface area contributed by atoms with E-state index >= 15 is 0 Å². The van der Waals surface area contributed by atoms with E-state index in [9.17, 15) is 0 Å². The van der Waals surface area contributed by atoms with Crippen LogP contribution in [0.2, 0.25) is 0 Å². The number of hydrogen-bond donors (Lipinski definition) is 0. The molecule has 0 bridgehead atoms. The normalized spacial score (nSPS) is 10.7. The van der Waals surface area contributed by atoms with Crippen LogP contribution in [0.5, 0.6) is 0 Å². The summed E-state index contributed by atoms with van der Waals surface area (Å²) in [5.74, 6) is 6.21. The fourth-order valence-electron chi connectivity index (χ4n) is 0.652. The molecule has 64 valence electrons. The molecule has 1 rings (SSSR count). The highest BCUT2D eigenvalue weighted by Gasteiger charge is 2.03. The Morgan fingerprint density at radius 2 is 2.08 bits per heavy atom. The molecule has 0 aliphatic carbocycles. The molecule has 2 heteroatoms. The largest absolute Gasteiger partial charge is 0.233 e. The third-order valence-corrected chi connectivity index (χ3v) is 2.04. The summed E-state index contributed by atoms with van der Waals surface area (Å²) >= 11 is 1.61. The molecule has 12 heavy (non-hydrogen) atoms. The summed E-state index contributed by atoms with van der Waals surface area (Å²) in [7, 11) is 0. The predicted molar refractivity (Wildman–Crippen MR) is 53.2 cm³/mol. The van der Waals surface area contributed by atoms with Crippen LogP contribution in [-0.2, 0) is 0 Å². The molecule has 0 fully saturated rings.